The summed E-state index contributed by atoms with van der Waals surface area (Å²) < 4.78 is 5.20. The molecule has 0 radical (unpaired) electrons. The standard InChI is InChI=1S/C14H18N2OS/c1-9-7-11(18-10(9)2)8-16-12-5-4-6-13(17-3)14(12)15/h4-7,16H,8,15H2,1-3H3. The molecule has 18 heavy (non-hydrogen) atoms. The van der Waals surface area contributed by atoms with E-state index in [0.717, 1.165) is 12.2 Å². The van der Waals surface area contributed by atoms with Crippen molar-refractivity contribution < 1.29 is 4.74 Å². The molecule has 0 aliphatic rings. The molecule has 2 rings (SSSR count). The monoisotopic (exact) mass is 262 g/mol. The van der Waals surface area contributed by atoms with Crippen molar-refractivity contribution in [2.45, 2.75) is 20.4 Å². The van der Waals surface area contributed by atoms with Crippen LogP contribution >= 0.6 is 11.3 Å². The van der Waals surface area contributed by atoms with E-state index in [9.17, 15) is 0 Å². The lowest BCUT2D eigenvalue weighted by atomic mass is 10.2. The van der Waals surface area contributed by atoms with E-state index in [1.54, 1.807) is 7.11 Å². The van der Waals surface area contributed by atoms with Crippen LogP contribution in [-0.2, 0) is 6.54 Å². The average Bonchev–Trinajstić information content (AvgIpc) is 2.67. The van der Waals surface area contributed by atoms with E-state index in [-0.39, 0.29) is 0 Å². The minimum absolute atomic E-state index is 0.657. The first-order valence-corrected chi connectivity index (χ1v) is 6.65. The number of benzene rings is 1. The average molecular weight is 262 g/mol. The Labute approximate surface area is 112 Å². The lowest BCUT2D eigenvalue weighted by Crippen LogP contribution is -2.02. The predicted molar refractivity (Wildman–Crippen MR) is 78.5 cm³/mol. The van der Waals surface area contributed by atoms with Gasteiger partial charge in [-0.1, -0.05) is 6.07 Å². The maximum atomic E-state index is 6.01. The molecule has 1 heterocycles. The molecular weight excluding hydrogens is 244 g/mol. The zero-order valence-electron chi connectivity index (χ0n) is 10.9. The van der Waals surface area contributed by atoms with E-state index in [4.69, 9.17) is 10.5 Å². The van der Waals surface area contributed by atoms with Crippen LogP contribution in [0.4, 0.5) is 11.4 Å². The maximum absolute atomic E-state index is 6.01. The van der Waals surface area contributed by atoms with Crippen molar-refractivity contribution in [2.24, 2.45) is 0 Å². The highest BCUT2D eigenvalue weighted by Crippen LogP contribution is 2.30. The Balaban J connectivity index is 2.10. The van der Waals surface area contributed by atoms with E-state index in [1.165, 1.54) is 15.3 Å². The van der Waals surface area contributed by atoms with Crippen LogP contribution in [0.15, 0.2) is 24.3 Å². The summed E-state index contributed by atoms with van der Waals surface area (Å²) in [5.41, 5.74) is 8.92. The minimum atomic E-state index is 0.657. The van der Waals surface area contributed by atoms with Gasteiger partial charge in [-0.25, -0.2) is 0 Å². The van der Waals surface area contributed by atoms with Crippen LogP contribution in [0.25, 0.3) is 0 Å². The second kappa shape index (κ2) is 5.31. The fourth-order valence-electron chi connectivity index (χ4n) is 1.80. The number of ether oxygens (including phenoxy) is 1. The molecule has 3 nitrogen and oxygen atoms in total. The lowest BCUT2D eigenvalue weighted by molar-refractivity contribution is 0.417. The minimum Gasteiger partial charge on any atom is -0.495 e. The van der Waals surface area contributed by atoms with Crippen LogP contribution in [0.3, 0.4) is 0 Å². The molecule has 0 aliphatic carbocycles. The topological polar surface area (TPSA) is 47.3 Å². The third-order valence-corrected chi connectivity index (χ3v) is 4.11. The normalized spacial score (nSPS) is 10.4. The maximum Gasteiger partial charge on any atom is 0.143 e. The molecule has 0 saturated heterocycles. The molecule has 4 heteroatoms. The SMILES string of the molecule is COc1cccc(NCc2cc(C)c(C)s2)c1N. The largest absolute Gasteiger partial charge is 0.495 e. The van der Waals surface area contributed by atoms with Gasteiger partial charge in [-0.3, -0.25) is 0 Å². The Morgan fingerprint density at radius 3 is 2.72 bits per heavy atom. The van der Waals surface area contributed by atoms with Crippen LogP contribution in [0.2, 0.25) is 0 Å². The predicted octanol–water partition coefficient (Wildman–Crippen LogP) is 3.57. The Hall–Kier alpha value is -1.68. The number of hydrogen-bond acceptors (Lipinski definition) is 4. The number of thiophene rings is 1. The molecule has 96 valence electrons. The molecular formula is C14H18N2OS. The third-order valence-electron chi connectivity index (χ3n) is 2.96. The molecule has 0 amide bonds. The Bertz CT molecular complexity index is 529. The van der Waals surface area contributed by atoms with Crippen LogP contribution in [0, 0.1) is 13.8 Å². The van der Waals surface area contributed by atoms with Crippen LogP contribution in [-0.4, -0.2) is 7.11 Å². The molecule has 1 aromatic carbocycles. The summed E-state index contributed by atoms with van der Waals surface area (Å²) in [6.45, 7) is 5.06. The molecule has 0 aliphatic heterocycles. The third kappa shape index (κ3) is 2.59. The van der Waals surface area contributed by atoms with E-state index in [2.05, 4.69) is 25.2 Å². The van der Waals surface area contributed by atoms with Gasteiger partial charge in [0.2, 0.25) is 0 Å². The summed E-state index contributed by atoms with van der Waals surface area (Å²) in [7, 11) is 1.63. The zero-order valence-corrected chi connectivity index (χ0v) is 11.7. The van der Waals surface area contributed by atoms with Crippen LogP contribution < -0.4 is 15.8 Å². The van der Waals surface area contributed by atoms with Gasteiger partial charge in [0.1, 0.15) is 5.75 Å². The quantitative estimate of drug-likeness (QED) is 0.828. The number of nitrogens with two attached hydrogens (primary N) is 1. The first-order valence-electron chi connectivity index (χ1n) is 5.84. The van der Waals surface area contributed by atoms with Crippen molar-refractivity contribution in [3.8, 4) is 5.75 Å². The highest BCUT2D eigenvalue weighted by atomic mass is 32.1. The fourth-order valence-corrected chi connectivity index (χ4v) is 2.79. The summed E-state index contributed by atoms with van der Waals surface area (Å²) in [5, 5.41) is 3.35. The van der Waals surface area contributed by atoms with Gasteiger partial charge in [0.15, 0.2) is 0 Å². The number of anilines is 2. The second-order valence-electron chi connectivity index (χ2n) is 4.23. The number of nitrogen functional groups attached to an aromatic ring is 1. The van der Waals surface area contributed by atoms with Gasteiger partial charge in [0.25, 0.3) is 0 Å². The Kier molecular flexibility index (Phi) is 3.77. The van der Waals surface area contributed by atoms with E-state index in [0.29, 0.717) is 11.4 Å². The van der Waals surface area contributed by atoms with Gasteiger partial charge in [-0.15, -0.1) is 11.3 Å². The lowest BCUT2D eigenvalue weighted by Gasteiger charge is -2.11. The molecule has 1 aromatic heterocycles. The number of rotatable bonds is 4. The summed E-state index contributed by atoms with van der Waals surface area (Å²) in [6.07, 6.45) is 0. The summed E-state index contributed by atoms with van der Waals surface area (Å²) in [6, 6.07) is 7.97. The Morgan fingerprint density at radius 1 is 1.33 bits per heavy atom. The molecule has 0 unspecified atom stereocenters. The number of methoxy groups -OCH3 is 1. The van der Waals surface area contributed by atoms with E-state index < -0.39 is 0 Å². The van der Waals surface area contributed by atoms with Crippen molar-refractivity contribution in [1.29, 1.82) is 0 Å². The summed E-state index contributed by atoms with van der Waals surface area (Å²) in [5.74, 6) is 0.707. The van der Waals surface area contributed by atoms with Crippen molar-refractivity contribution in [3.05, 3.63) is 39.6 Å². The number of nitrogens with one attached hydrogen (secondary N) is 1. The smallest absolute Gasteiger partial charge is 0.143 e. The van der Waals surface area contributed by atoms with Crippen molar-refractivity contribution in [3.63, 3.8) is 0 Å². The van der Waals surface area contributed by atoms with Gasteiger partial charge in [-0.05, 0) is 37.6 Å². The van der Waals surface area contributed by atoms with Crippen molar-refractivity contribution >= 4 is 22.7 Å². The zero-order chi connectivity index (χ0) is 13.1. The molecule has 0 spiro atoms. The fraction of sp³-hybridized carbons (Fsp3) is 0.286. The molecule has 0 atom stereocenters. The number of aryl methyl sites for hydroxylation is 2. The summed E-state index contributed by atoms with van der Waals surface area (Å²) >= 11 is 1.81. The van der Waals surface area contributed by atoms with Gasteiger partial charge >= 0.3 is 0 Å². The second-order valence-corrected chi connectivity index (χ2v) is 5.57. The summed E-state index contributed by atoms with van der Waals surface area (Å²) in [4.78, 5) is 2.68. The molecule has 0 saturated carbocycles. The number of para-hydroxylation sites is 1. The van der Waals surface area contributed by atoms with Crippen molar-refractivity contribution in [1.82, 2.24) is 0 Å². The highest BCUT2D eigenvalue weighted by molar-refractivity contribution is 7.12. The van der Waals surface area contributed by atoms with Crippen LogP contribution in [0.1, 0.15) is 15.3 Å². The van der Waals surface area contributed by atoms with E-state index >= 15 is 0 Å². The Morgan fingerprint density at radius 2 is 2.11 bits per heavy atom. The van der Waals surface area contributed by atoms with E-state index in [1.807, 2.05) is 29.5 Å². The number of hydrogen-bond donors (Lipinski definition) is 2. The van der Waals surface area contributed by atoms with Crippen molar-refractivity contribution in [2.75, 3.05) is 18.2 Å². The molecule has 3 N–H and O–H groups in total. The van der Waals surface area contributed by atoms with Gasteiger partial charge < -0.3 is 15.8 Å². The van der Waals surface area contributed by atoms with Gasteiger partial charge in [-0.2, -0.15) is 0 Å². The molecule has 0 bridgehead atoms. The molecule has 2 aromatic rings. The molecule has 0 fully saturated rings. The van der Waals surface area contributed by atoms with Gasteiger partial charge in [0, 0.05) is 16.3 Å². The first kappa shape index (κ1) is 12.8. The highest BCUT2D eigenvalue weighted by Gasteiger charge is 2.06. The van der Waals surface area contributed by atoms with Crippen LogP contribution in [0.5, 0.6) is 5.75 Å². The first-order chi connectivity index (χ1) is 8.61. The van der Waals surface area contributed by atoms with Gasteiger partial charge in [0.05, 0.1) is 18.5 Å².